The second-order valence-corrected chi connectivity index (χ2v) is 7.31. The SMILES string of the molecule is O=C(c1cnn2ccccc12)N1CCc2[nH]cnc2[C@@H]1c1cc2cccc(F)c2o1. The van der Waals surface area contributed by atoms with Crippen LogP contribution in [0.4, 0.5) is 4.39 Å². The van der Waals surface area contributed by atoms with Gasteiger partial charge in [0.2, 0.25) is 0 Å². The third-order valence-corrected chi connectivity index (χ3v) is 5.63. The summed E-state index contributed by atoms with van der Waals surface area (Å²) in [6.07, 6.45) is 5.64. The summed E-state index contributed by atoms with van der Waals surface area (Å²) in [4.78, 5) is 22.9. The fourth-order valence-corrected chi connectivity index (χ4v) is 4.22. The zero-order valence-electron chi connectivity index (χ0n) is 15.7. The fraction of sp³-hybridized carbons (Fsp3) is 0.136. The van der Waals surface area contributed by atoms with Gasteiger partial charge in [-0.15, -0.1) is 0 Å². The molecule has 1 N–H and O–H groups in total. The van der Waals surface area contributed by atoms with Crippen LogP contribution in [0.5, 0.6) is 0 Å². The van der Waals surface area contributed by atoms with Crippen molar-refractivity contribution >= 4 is 22.4 Å². The summed E-state index contributed by atoms with van der Waals surface area (Å²) in [5.41, 5.74) is 3.07. The van der Waals surface area contributed by atoms with Crippen molar-refractivity contribution < 1.29 is 13.6 Å². The molecule has 1 aromatic carbocycles. The second kappa shape index (κ2) is 6.28. The molecule has 8 heteroatoms. The molecule has 0 fully saturated rings. The Hall–Kier alpha value is -3.94. The average Bonchev–Trinajstić information content (AvgIpc) is 3.50. The number of para-hydroxylation sites is 1. The van der Waals surface area contributed by atoms with Crippen LogP contribution in [0.1, 0.15) is 33.5 Å². The summed E-state index contributed by atoms with van der Waals surface area (Å²) in [6, 6.07) is 11.6. The molecule has 0 saturated heterocycles. The average molecular weight is 401 g/mol. The Morgan fingerprint density at radius 1 is 1.23 bits per heavy atom. The molecule has 30 heavy (non-hydrogen) atoms. The van der Waals surface area contributed by atoms with Crippen LogP contribution in [0.3, 0.4) is 0 Å². The predicted octanol–water partition coefficient (Wildman–Crippen LogP) is 3.73. The Balaban J connectivity index is 1.50. The molecule has 4 aromatic heterocycles. The van der Waals surface area contributed by atoms with Gasteiger partial charge in [-0.05, 0) is 24.3 Å². The highest BCUT2D eigenvalue weighted by atomic mass is 19.1. The van der Waals surface area contributed by atoms with E-state index in [-0.39, 0.29) is 11.5 Å². The monoisotopic (exact) mass is 401 g/mol. The van der Waals surface area contributed by atoms with E-state index in [1.165, 1.54) is 6.07 Å². The van der Waals surface area contributed by atoms with Crippen molar-refractivity contribution in [2.24, 2.45) is 0 Å². The van der Waals surface area contributed by atoms with Crippen LogP contribution in [-0.4, -0.2) is 36.9 Å². The van der Waals surface area contributed by atoms with Gasteiger partial charge in [0.25, 0.3) is 5.91 Å². The van der Waals surface area contributed by atoms with Crippen molar-refractivity contribution in [2.45, 2.75) is 12.5 Å². The number of nitrogens with zero attached hydrogens (tertiary/aromatic N) is 4. The van der Waals surface area contributed by atoms with Crippen LogP contribution < -0.4 is 0 Å². The number of aromatic nitrogens is 4. The van der Waals surface area contributed by atoms with Crippen LogP contribution in [0, 0.1) is 5.82 Å². The number of amides is 1. The van der Waals surface area contributed by atoms with E-state index in [0.717, 1.165) is 11.2 Å². The molecule has 5 heterocycles. The smallest absolute Gasteiger partial charge is 0.258 e. The molecule has 1 atom stereocenters. The van der Waals surface area contributed by atoms with Gasteiger partial charge in [0.05, 0.1) is 29.3 Å². The standard InChI is InChI=1S/C22H16FN5O2/c23-15-5-3-4-13-10-18(30-21(13)15)20-19-16(24-12-25-19)7-9-27(20)22(29)14-11-26-28-8-2-1-6-17(14)28/h1-6,8,10-12,20H,7,9H2,(H,24,25)/t20-/m0/s1. The van der Waals surface area contributed by atoms with Gasteiger partial charge < -0.3 is 14.3 Å². The number of imidazole rings is 1. The van der Waals surface area contributed by atoms with Crippen LogP contribution >= 0.6 is 0 Å². The Kier molecular flexibility index (Phi) is 3.55. The zero-order chi connectivity index (χ0) is 20.2. The number of halogens is 1. The lowest BCUT2D eigenvalue weighted by atomic mass is 9.99. The maximum Gasteiger partial charge on any atom is 0.258 e. The Bertz CT molecular complexity index is 1420. The van der Waals surface area contributed by atoms with Crippen LogP contribution in [-0.2, 0) is 6.42 Å². The molecule has 0 spiro atoms. The summed E-state index contributed by atoms with van der Waals surface area (Å²) in [7, 11) is 0. The highest BCUT2D eigenvalue weighted by Crippen LogP contribution is 2.37. The second-order valence-electron chi connectivity index (χ2n) is 7.31. The molecule has 6 rings (SSSR count). The maximum absolute atomic E-state index is 14.2. The van der Waals surface area contributed by atoms with E-state index in [1.54, 1.807) is 46.3 Å². The van der Waals surface area contributed by atoms with E-state index < -0.39 is 11.9 Å². The zero-order valence-corrected chi connectivity index (χ0v) is 15.7. The summed E-state index contributed by atoms with van der Waals surface area (Å²) in [6.45, 7) is 0.475. The van der Waals surface area contributed by atoms with Crippen molar-refractivity contribution in [2.75, 3.05) is 6.54 Å². The van der Waals surface area contributed by atoms with Crippen molar-refractivity contribution in [1.82, 2.24) is 24.5 Å². The van der Waals surface area contributed by atoms with E-state index in [1.807, 2.05) is 18.2 Å². The van der Waals surface area contributed by atoms with Crippen molar-refractivity contribution in [3.05, 3.63) is 89.7 Å². The lowest BCUT2D eigenvalue weighted by Gasteiger charge is -2.33. The molecule has 5 aromatic rings. The largest absolute Gasteiger partial charge is 0.455 e. The number of nitrogens with one attached hydrogen (secondary N) is 1. The summed E-state index contributed by atoms with van der Waals surface area (Å²) >= 11 is 0. The van der Waals surface area contributed by atoms with Gasteiger partial charge in [0.15, 0.2) is 11.4 Å². The van der Waals surface area contributed by atoms with Crippen molar-refractivity contribution in [1.29, 1.82) is 0 Å². The minimum Gasteiger partial charge on any atom is -0.455 e. The lowest BCUT2D eigenvalue weighted by molar-refractivity contribution is 0.0674. The number of hydrogen-bond donors (Lipinski definition) is 1. The first kappa shape index (κ1) is 17.0. The van der Waals surface area contributed by atoms with Gasteiger partial charge in [-0.1, -0.05) is 18.2 Å². The molecule has 7 nitrogen and oxygen atoms in total. The van der Waals surface area contributed by atoms with Gasteiger partial charge in [-0.3, -0.25) is 4.79 Å². The molecule has 0 unspecified atom stereocenters. The third kappa shape index (κ3) is 2.40. The first-order valence-corrected chi connectivity index (χ1v) is 9.64. The molecule has 1 amide bonds. The summed E-state index contributed by atoms with van der Waals surface area (Å²) in [5.74, 6) is -0.124. The Morgan fingerprint density at radius 3 is 3.07 bits per heavy atom. The van der Waals surface area contributed by atoms with Gasteiger partial charge in [0.1, 0.15) is 11.8 Å². The highest BCUT2D eigenvalue weighted by Gasteiger charge is 2.37. The molecule has 0 aliphatic carbocycles. The quantitative estimate of drug-likeness (QED) is 0.489. The number of H-pyrrole nitrogens is 1. The summed E-state index contributed by atoms with van der Waals surface area (Å²) in [5, 5.41) is 4.94. The van der Waals surface area contributed by atoms with E-state index >= 15 is 0 Å². The van der Waals surface area contributed by atoms with Crippen molar-refractivity contribution in [3.8, 4) is 0 Å². The maximum atomic E-state index is 14.2. The van der Waals surface area contributed by atoms with Crippen molar-refractivity contribution in [3.63, 3.8) is 0 Å². The molecular formula is C22H16FN5O2. The van der Waals surface area contributed by atoms with E-state index in [9.17, 15) is 9.18 Å². The van der Waals surface area contributed by atoms with Gasteiger partial charge in [-0.25, -0.2) is 13.9 Å². The van der Waals surface area contributed by atoms with E-state index in [0.29, 0.717) is 35.4 Å². The fourth-order valence-electron chi connectivity index (χ4n) is 4.22. The number of fused-ring (bicyclic) bond motifs is 3. The minimum absolute atomic E-state index is 0.171. The van der Waals surface area contributed by atoms with E-state index in [4.69, 9.17) is 4.42 Å². The number of benzene rings is 1. The van der Waals surface area contributed by atoms with E-state index in [2.05, 4.69) is 15.1 Å². The number of hydrogen-bond acceptors (Lipinski definition) is 4. The highest BCUT2D eigenvalue weighted by molar-refractivity contribution is 6.01. The summed E-state index contributed by atoms with van der Waals surface area (Å²) < 4.78 is 21.8. The molecule has 0 saturated carbocycles. The number of pyridine rings is 1. The number of furan rings is 1. The van der Waals surface area contributed by atoms with Gasteiger partial charge in [-0.2, -0.15) is 5.10 Å². The van der Waals surface area contributed by atoms with Crippen LogP contribution in [0.25, 0.3) is 16.5 Å². The van der Waals surface area contributed by atoms with Crippen LogP contribution in [0.2, 0.25) is 0 Å². The molecule has 148 valence electrons. The minimum atomic E-state index is -0.557. The third-order valence-electron chi connectivity index (χ3n) is 5.63. The first-order chi connectivity index (χ1) is 14.7. The Morgan fingerprint density at radius 2 is 2.17 bits per heavy atom. The molecule has 1 aliphatic heterocycles. The number of rotatable bonds is 2. The Labute approximate surface area is 169 Å². The van der Waals surface area contributed by atoms with Crippen LogP contribution in [0.15, 0.2) is 65.6 Å². The number of carbonyl (C=O) groups is 1. The number of carbonyl (C=O) groups excluding carboxylic acids is 1. The molecule has 0 bridgehead atoms. The predicted molar refractivity (Wildman–Crippen MR) is 107 cm³/mol. The molecule has 1 aliphatic rings. The lowest BCUT2D eigenvalue weighted by Crippen LogP contribution is -2.40. The topological polar surface area (TPSA) is 79.4 Å². The van der Waals surface area contributed by atoms with Gasteiger partial charge >= 0.3 is 0 Å². The molecular weight excluding hydrogens is 385 g/mol. The normalized spacial score (nSPS) is 16.3. The number of aromatic amines is 1. The van der Waals surface area contributed by atoms with Gasteiger partial charge in [0, 0.05) is 30.2 Å². The first-order valence-electron chi connectivity index (χ1n) is 9.64. The molecule has 0 radical (unpaired) electrons.